The summed E-state index contributed by atoms with van der Waals surface area (Å²) in [6.07, 6.45) is 0. The van der Waals surface area contributed by atoms with Crippen LogP contribution in [0.25, 0.3) is 0 Å². The summed E-state index contributed by atoms with van der Waals surface area (Å²) >= 11 is 0. The Balaban J connectivity index is 1.67. The van der Waals surface area contributed by atoms with E-state index in [4.69, 9.17) is 14.2 Å². The molecular formula is C18H27N3O4. The standard InChI is InChI=1S/C18H27N3O4/c1-19(2)13-17(22)21(7-6-20-8-10-23-11-9-20)12-15-4-3-5-16-18(15)25-14-24-16/h3-5H,6-14H2,1-2H3. The Bertz CT molecular complexity index is 588. The number of likely N-dealkylation sites (N-methyl/N-ethyl adjacent to an activating group) is 1. The summed E-state index contributed by atoms with van der Waals surface area (Å²) in [5.74, 6) is 1.64. The van der Waals surface area contributed by atoms with Crippen molar-refractivity contribution in [3.8, 4) is 11.5 Å². The number of fused-ring (bicyclic) bond motifs is 1. The molecule has 25 heavy (non-hydrogen) atoms. The van der Waals surface area contributed by atoms with Crippen LogP contribution in [0.1, 0.15) is 5.56 Å². The van der Waals surface area contributed by atoms with E-state index < -0.39 is 0 Å². The van der Waals surface area contributed by atoms with E-state index in [-0.39, 0.29) is 12.7 Å². The Morgan fingerprint density at radius 3 is 2.76 bits per heavy atom. The molecule has 2 aliphatic heterocycles. The molecule has 1 fully saturated rings. The van der Waals surface area contributed by atoms with Crippen molar-refractivity contribution < 1.29 is 19.0 Å². The van der Waals surface area contributed by atoms with Gasteiger partial charge in [-0.1, -0.05) is 12.1 Å². The highest BCUT2D eigenvalue weighted by Gasteiger charge is 2.22. The maximum atomic E-state index is 12.7. The predicted molar refractivity (Wildman–Crippen MR) is 93.8 cm³/mol. The lowest BCUT2D eigenvalue weighted by molar-refractivity contribution is -0.132. The van der Waals surface area contributed by atoms with E-state index >= 15 is 0 Å². The highest BCUT2D eigenvalue weighted by Crippen LogP contribution is 2.35. The van der Waals surface area contributed by atoms with Crippen molar-refractivity contribution in [2.75, 3.05) is 66.8 Å². The lowest BCUT2D eigenvalue weighted by atomic mass is 10.1. The Morgan fingerprint density at radius 1 is 1.20 bits per heavy atom. The summed E-state index contributed by atoms with van der Waals surface area (Å²) in [5.41, 5.74) is 0.990. The van der Waals surface area contributed by atoms with E-state index in [2.05, 4.69) is 4.90 Å². The molecule has 1 aromatic rings. The number of ether oxygens (including phenoxy) is 3. The number of amides is 1. The van der Waals surface area contributed by atoms with E-state index in [1.165, 1.54) is 0 Å². The fourth-order valence-electron chi connectivity index (χ4n) is 3.07. The van der Waals surface area contributed by atoms with Gasteiger partial charge in [-0.25, -0.2) is 0 Å². The normalized spacial score (nSPS) is 17.1. The fraction of sp³-hybridized carbons (Fsp3) is 0.611. The SMILES string of the molecule is CN(C)CC(=O)N(CCN1CCOCC1)Cc1cccc2c1OCO2. The molecule has 7 nitrogen and oxygen atoms in total. The first-order valence-electron chi connectivity index (χ1n) is 8.73. The van der Waals surface area contributed by atoms with Crippen LogP contribution in [0.4, 0.5) is 0 Å². The summed E-state index contributed by atoms with van der Waals surface area (Å²) in [6.45, 7) is 6.10. The van der Waals surface area contributed by atoms with Crippen molar-refractivity contribution in [3.05, 3.63) is 23.8 Å². The van der Waals surface area contributed by atoms with Gasteiger partial charge in [-0.05, 0) is 20.2 Å². The van der Waals surface area contributed by atoms with Crippen molar-refractivity contribution in [1.29, 1.82) is 0 Å². The van der Waals surface area contributed by atoms with Gasteiger partial charge in [0, 0.05) is 38.3 Å². The average Bonchev–Trinajstić information content (AvgIpc) is 3.08. The highest BCUT2D eigenvalue weighted by atomic mass is 16.7. The number of carbonyl (C=O) groups is 1. The highest BCUT2D eigenvalue weighted by molar-refractivity contribution is 5.78. The van der Waals surface area contributed by atoms with E-state index in [1.807, 2.05) is 42.1 Å². The van der Waals surface area contributed by atoms with Crippen LogP contribution in [0, 0.1) is 0 Å². The zero-order valence-corrected chi connectivity index (χ0v) is 15.1. The molecular weight excluding hydrogens is 322 g/mol. The van der Waals surface area contributed by atoms with Crippen LogP contribution >= 0.6 is 0 Å². The van der Waals surface area contributed by atoms with E-state index in [9.17, 15) is 4.79 Å². The molecule has 1 saturated heterocycles. The largest absolute Gasteiger partial charge is 0.454 e. The molecule has 0 aliphatic carbocycles. The Morgan fingerprint density at radius 2 is 2.00 bits per heavy atom. The van der Waals surface area contributed by atoms with Crippen LogP contribution < -0.4 is 9.47 Å². The average molecular weight is 349 g/mol. The number of para-hydroxylation sites is 1. The maximum absolute atomic E-state index is 12.7. The van der Waals surface area contributed by atoms with E-state index in [1.54, 1.807) is 0 Å². The molecule has 0 atom stereocenters. The van der Waals surface area contributed by atoms with Crippen molar-refractivity contribution in [2.24, 2.45) is 0 Å². The molecule has 1 aromatic carbocycles. The first-order valence-corrected chi connectivity index (χ1v) is 8.73. The molecule has 3 rings (SSSR count). The second-order valence-electron chi connectivity index (χ2n) is 6.66. The van der Waals surface area contributed by atoms with Crippen molar-refractivity contribution >= 4 is 5.91 Å². The minimum atomic E-state index is 0.120. The summed E-state index contributed by atoms with van der Waals surface area (Å²) in [6, 6.07) is 5.84. The molecule has 0 radical (unpaired) electrons. The summed E-state index contributed by atoms with van der Waals surface area (Å²) < 4.78 is 16.4. The van der Waals surface area contributed by atoms with Crippen LogP contribution in [0.5, 0.6) is 11.5 Å². The van der Waals surface area contributed by atoms with Gasteiger partial charge in [0.05, 0.1) is 19.8 Å². The van der Waals surface area contributed by atoms with Crippen LogP contribution in [0.2, 0.25) is 0 Å². The molecule has 0 saturated carbocycles. The second kappa shape index (κ2) is 8.51. The molecule has 0 spiro atoms. The third kappa shape index (κ3) is 4.84. The van der Waals surface area contributed by atoms with Gasteiger partial charge in [0.15, 0.2) is 11.5 Å². The van der Waals surface area contributed by atoms with Crippen molar-refractivity contribution in [2.45, 2.75) is 6.54 Å². The third-order valence-electron chi connectivity index (χ3n) is 4.43. The Kier molecular flexibility index (Phi) is 6.12. The van der Waals surface area contributed by atoms with Gasteiger partial charge in [-0.15, -0.1) is 0 Å². The van der Waals surface area contributed by atoms with Gasteiger partial charge in [0.2, 0.25) is 12.7 Å². The number of hydrogen-bond donors (Lipinski definition) is 0. The monoisotopic (exact) mass is 349 g/mol. The van der Waals surface area contributed by atoms with Crippen LogP contribution in [0.15, 0.2) is 18.2 Å². The van der Waals surface area contributed by atoms with Gasteiger partial charge in [-0.3, -0.25) is 9.69 Å². The molecule has 138 valence electrons. The molecule has 1 amide bonds. The lowest BCUT2D eigenvalue weighted by Gasteiger charge is -2.31. The van der Waals surface area contributed by atoms with Gasteiger partial charge < -0.3 is 24.0 Å². The number of morpholine rings is 1. The minimum Gasteiger partial charge on any atom is -0.454 e. The molecule has 0 bridgehead atoms. The van der Waals surface area contributed by atoms with Crippen molar-refractivity contribution in [1.82, 2.24) is 14.7 Å². The zero-order valence-electron chi connectivity index (χ0n) is 15.1. The number of nitrogens with zero attached hydrogens (tertiary/aromatic N) is 3. The number of benzene rings is 1. The molecule has 2 heterocycles. The van der Waals surface area contributed by atoms with E-state index in [0.29, 0.717) is 19.6 Å². The van der Waals surface area contributed by atoms with Gasteiger partial charge in [0.25, 0.3) is 0 Å². The maximum Gasteiger partial charge on any atom is 0.237 e. The fourth-order valence-corrected chi connectivity index (χ4v) is 3.07. The van der Waals surface area contributed by atoms with E-state index in [0.717, 1.165) is 49.9 Å². The van der Waals surface area contributed by atoms with Crippen LogP contribution in [0.3, 0.4) is 0 Å². The molecule has 0 N–H and O–H groups in total. The number of rotatable bonds is 7. The summed E-state index contributed by atoms with van der Waals surface area (Å²) in [7, 11) is 3.82. The summed E-state index contributed by atoms with van der Waals surface area (Å²) in [4.78, 5) is 18.9. The molecule has 2 aliphatic rings. The van der Waals surface area contributed by atoms with Crippen LogP contribution in [-0.2, 0) is 16.1 Å². The first-order chi connectivity index (χ1) is 12.1. The molecule has 7 heteroatoms. The van der Waals surface area contributed by atoms with Gasteiger partial charge in [0.1, 0.15) is 0 Å². The predicted octanol–water partition coefficient (Wildman–Crippen LogP) is 0.638. The smallest absolute Gasteiger partial charge is 0.237 e. The molecule has 0 unspecified atom stereocenters. The first kappa shape index (κ1) is 18.0. The molecule has 0 aromatic heterocycles. The van der Waals surface area contributed by atoms with Crippen LogP contribution in [-0.4, -0.2) is 87.4 Å². The minimum absolute atomic E-state index is 0.120. The zero-order chi connectivity index (χ0) is 17.6. The van der Waals surface area contributed by atoms with Gasteiger partial charge >= 0.3 is 0 Å². The van der Waals surface area contributed by atoms with Crippen molar-refractivity contribution in [3.63, 3.8) is 0 Å². The summed E-state index contributed by atoms with van der Waals surface area (Å²) in [5, 5.41) is 0. The third-order valence-corrected chi connectivity index (χ3v) is 4.43. The quantitative estimate of drug-likeness (QED) is 0.720. The Labute approximate surface area is 149 Å². The lowest BCUT2D eigenvalue weighted by Crippen LogP contribution is -2.44. The number of hydrogen-bond acceptors (Lipinski definition) is 6. The second-order valence-corrected chi connectivity index (χ2v) is 6.66. The topological polar surface area (TPSA) is 54.5 Å². The number of carbonyl (C=O) groups excluding carboxylic acids is 1. The van der Waals surface area contributed by atoms with Gasteiger partial charge in [-0.2, -0.15) is 0 Å². The Hall–Kier alpha value is -1.83.